The van der Waals surface area contributed by atoms with Crippen LogP contribution < -0.4 is 10.8 Å². The Hall–Kier alpha value is -3.00. The number of anilines is 1. The third-order valence-electron chi connectivity index (χ3n) is 3.03. The van der Waals surface area contributed by atoms with Crippen LogP contribution in [0.4, 0.5) is 28.9 Å². The molecule has 2 rings (SSSR count). The molecule has 0 atom stereocenters. The van der Waals surface area contributed by atoms with Crippen LogP contribution >= 0.6 is 0 Å². The minimum Gasteiger partial charge on any atom is -0.381 e. The van der Waals surface area contributed by atoms with Gasteiger partial charge in [0.2, 0.25) is 5.96 Å². The minimum absolute atomic E-state index is 0.0176. The average Bonchev–Trinajstić information content (AvgIpc) is 3.05. The summed E-state index contributed by atoms with van der Waals surface area (Å²) in [5.41, 5.74) is 0.313. The molecule has 1 aromatic heterocycles. The molecule has 146 valence electrons. The molecule has 0 saturated carbocycles. The minimum atomic E-state index is -4.90. The van der Waals surface area contributed by atoms with Gasteiger partial charge in [0.15, 0.2) is 0 Å². The number of hydrogen-bond donors (Lipinski definition) is 3. The summed E-state index contributed by atoms with van der Waals surface area (Å²) in [5.74, 6) is -1.80. The molecule has 0 unspecified atom stereocenters. The number of nitrogens with one attached hydrogen (secondary N) is 2. The molecule has 3 N–H and O–H groups in total. The lowest BCUT2D eigenvalue weighted by Crippen LogP contribution is -2.27. The summed E-state index contributed by atoms with van der Waals surface area (Å²) < 4.78 is 76.3. The summed E-state index contributed by atoms with van der Waals surface area (Å²) in [7, 11) is -2.51. The molecule has 0 saturated heterocycles. The first-order valence-corrected chi connectivity index (χ1v) is 8.15. The molecule has 0 radical (unpaired) electrons. The number of benzene rings is 1. The van der Waals surface area contributed by atoms with E-state index in [0.717, 1.165) is 10.7 Å². The Kier molecular flexibility index (Phi) is 6.46. The molecule has 1 aromatic carbocycles. The Morgan fingerprint density at radius 1 is 1.33 bits per heavy atom. The Balaban J connectivity index is 2.21. The van der Waals surface area contributed by atoms with Gasteiger partial charge in [0.25, 0.3) is 0 Å². The zero-order valence-corrected chi connectivity index (χ0v) is 14.1. The van der Waals surface area contributed by atoms with Crippen molar-refractivity contribution in [2.24, 2.45) is 9.36 Å². The normalized spacial score (nSPS) is 12.0. The second kappa shape index (κ2) is 8.59. The quantitative estimate of drug-likeness (QED) is 0.229. The van der Waals surface area contributed by atoms with Crippen LogP contribution in [0.2, 0.25) is 0 Å². The lowest BCUT2D eigenvalue weighted by Gasteiger charge is -2.09. The van der Waals surface area contributed by atoms with Gasteiger partial charge in [0, 0.05) is 6.54 Å². The topological polar surface area (TPSA) is 121 Å². The molecule has 0 amide bonds. The van der Waals surface area contributed by atoms with E-state index in [0.29, 0.717) is 17.8 Å². The van der Waals surface area contributed by atoms with Crippen molar-refractivity contribution < 1.29 is 31.2 Å². The van der Waals surface area contributed by atoms with E-state index in [2.05, 4.69) is 19.8 Å². The molecule has 0 bridgehead atoms. The van der Waals surface area contributed by atoms with Crippen LogP contribution in [-0.2, 0) is 16.7 Å². The lowest BCUT2D eigenvalue weighted by molar-refractivity contribution is -0.139. The van der Waals surface area contributed by atoms with Crippen LogP contribution in [0.25, 0.3) is 0 Å². The number of rotatable bonds is 5. The molecule has 2 aromatic rings. The molecule has 9 nitrogen and oxygen atoms in total. The maximum Gasteiger partial charge on any atom is 0.419 e. The summed E-state index contributed by atoms with van der Waals surface area (Å²) in [6, 6.07) is 2.09. The molecular formula is C13H12F4N6O3S. The van der Waals surface area contributed by atoms with E-state index < -0.39 is 28.1 Å². The SMILES string of the molecule is O=S(=O)=NCCNc1cnn(C(=Nc2ccc(F)c(C(F)(F)F)c2)NO)c1. The Bertz CT molecular complexity index is 963. The van der Waals surface area contributed by atoms with Gasteiger partial charge < -0.3 is 5.32 Å². The number of halogens is 4. The van der Waals surface area contributed by atoms with Gasteiger partial charge in [-0.3, -0.25) is 5.21 Å². The van der Waals surface area contributed by atoms with Crippen LogP contribution in [0, 0.1) is 5.82 Å². The molecule has 0 aliphatic rings. The summed E-state index contributed by atoms with van der Waals surface area (Å²) in [6.07, 6.45) is -2.28. The van der Waals surface area contributed by atoms with E-state index in [4.69, 9.17) is 5.21 Å². The second-order valence-electron chi connectivity index (χ2n) is 4.88. The predicted molar refractivity (Wildman–Crippen MR) is 85.7 cm³/mol. The van der Waals surface area contributed by atoms with Gasteiger partial charge in [0.1, 0.15) is 5.82 Å². The molecule has 0 aliphatic carbocycles. The monoisotopic (exact) mass is 408 g/mol. The van der Waals surface area contributed by atoms with E-state index in [9.17, 15) is 26.0 Å². The van der Waals surface area contributed by atoms with Gasteiger partial charge in [-0.2, -0.15) is 31.1 Å². The summed E-state index contributed by atoms with van der Waals surface area (Å²) in [5, 5.41) is 15.8. The smallest absolute Gasteiger partial charge is 0.381 e. The number of hydroxylamine groups is 1. The predicted octanol–water partition coefficient (Wildman–Crippen LogP) is 2.03. The van der Waals surface area contributed by atoms with Gasteiger partial charge >= 0.3 is 16.7 Å². The van der Waals surface area contributed by atoms with Crippen LogP contribution in [0.1, 0.15) is 5.56 Å². The first kappa shape index (κ1) is 20.3. The number of hydrogen-bond acceptors (Lipinski definition) is 7. The van der Waals surface area contributed by atoms with Gasteiger partial charge in [0.05, 0.1) is 35.9 Å². The molecular weight excluding hydrogens is 396 g/mol. The molecule has 1 heterocycles. The maximum atomic E-state index is 13.3. The fourth-order valence-electron chi connectivity index (χ4n) is 1.90. The third-order valence-corrected chi connectivity index (χ3v) is 3.42. The third kappa shape index (κ3) is 5.75. The van der Waals surface area contributed by atoms with Crippen molar-refractivity contribution in [3.8, 4) is 0 Å². The second-order valence-corrected chi connectivity index (χ2v) is 5.57. The van der Waals surface area contributed by atoms with Crippen LogP contribution in [0.15, 0.2) is 39.9 Å². The molecule has 0 aliphatic heterocycles. The Morgan fingerprint density at radius 2 is 2.07 bits per heavy atom. The summed E-state index contributed by atoms with van der Waals surface area (Å²) in [4.78, 5) is 3.76. The number of aromatic nitrogens is 2. The maximum absolute atomic E-state index is 13.3. The van der Waals surface area contributed by atoms with E-state index in [-0.39, 0.29) is 24.7 Å². The van der Waals surface area contributed by atoms with Crippen molar-refractivity contribution in [1.29, 1.82) is 0 Å². The molecule has 0 fully saturated rings. The van der Waals surface area contributed by atoms with Crippen molar-refractivity contribution in [3.05, 3.63) is 42.0 Å². The van der Waals surface area contributed by atoms with Crippen molar-refractivity contribution in [2.75, 3.05) is 18.4 Å². The molecule has 27 heavy (non-hydrogen) atoms. The average molecular weight is 408 g/mol. The highest BCUT2D eigenvalue weighted by molar-refractivity contribution is 7.61. The van der Waals surface area contributed by atoms with E-state index in [1.54, 1.807) is 5.48 Å². The van der Waals surface area contributed by atoms with Gasteiger partial charge in [-0.15, -0.1) is 0 Å². The van der Waals surface area contributed by atoms with E-state index >= 15 is 0 Å². The fraction of sp³-hybridized carbons (Fsp3) is 0.231. The van der Waals surface area contributed by atoms with Gasteiger partial charge in [-0.05, 0) is 18.2 Å². The highest BCUT2D eigenvalue weighted by Crippen LogP contribution is 2.33. The standard InChI is InChI=1S/C13H12F4N6O3S/c14-11-2-1-8(5-10(11)13(15,16)17)21-12(22-24)23-7-9(6-19-23)18-3-4-20-27(25)26/h1-2,5-7,18,24H,3-4H2,(H,21,22). The van der Waals surface area contributed by atoms with Crippen LogP contribution in [0.5, 0.6) is 0 Å². The number of aliphatic imine (C=N–C) groups is 1. The zero-order valence-electron chi connectivity index (χ0n) is 13.3. The molecule has 14 heteroatoms. The highest BCUT2D eigenvalue weighted by Gasteiger charge is 2.34. The number of alkyl halides is 3. The lowest BCUT2D eigenvalue weighted by atomic mass is 10.2. The molecule has 0 spiro atoms. The first-order valence-electron chi connectivity index (χ1n) is 7.12. The Morgan fingerprint density at radius 3 is 2.70 bits per heavy atom. The van der Waals surface area contributed by atoms with Gasteiger partial charge in [-0.25, -0.2) is 19.5 Å². The van der Waals surface area contributed by atoms with Crippen molar-refractivity contribution in [2.45, 2.75) is 6.18 Å². The Labute approximate surface area is 151 Å². The number of nitrogens with zero attached hydrogens (tertiary/aromatic N) is 4. The largest absolute Gasteiger partial charge is 0.419 e. The zero-order chi connectivity index (χ0) is 20.0. The van der Waals surface area contributed by atoms with Crippen LogP contribution in [0.3, 0.4) is 0 Å². The van der Waals surface area contributed by atoms with Crippen molar-refractivity contribution >= 4 is 27.8 Å². The summed E-state index contributed by atoms with van der Waals surface area (Å²) in [6.45, 7) is 0.155. The van der Waals surface area contributed by atoms with Crippen LogP contribution in [-0.4, -0.2) is 42.5 Å². The van der Waals surface area contributed by atoms with Crippen molar-refractivity contribution in [1.82, 2.24) is 15.3 Å². The fourth-order valence-corrected chi connectivity index (χ4v) is 2.14. The first-order chi connectivity index (χ1) is 12.7. The summed E-state index contributed by atoms with van der Waals surface area (Å²) >= 11 is 0. The van der Waals surface area contributed by atoms with E-state index in [1.807, 2.05) is 0 Å². The highest BCUT2D eigenvalue weighted by atomic mass is 32.2. The van der Waals surface area contributed by atoms with Crippen molar-refractivity contribution in [3.63, 3.8) is 0 Å². The van der Waals surface area contributed by atoms with E-state index in [1.165, 1.54) is 12.4 Å². The van der Waals surface area contributed by atoms with Gasteiger partial charge in [-0.1, -0.05) is 0 Å².